The molecule has 1 heterocycles. The van der Waals surface area contributed by atoms with Crippen LogP contribution < -0.4 is 5.32 Å². The molecule has 0 aliphatic carbocycles. The number of carbonyl (C=O) groups excluding carboxylic acids is 1. The number of aromatic nitrogens is 1. The van der Waals surface area contributed by atoms with Gasteiger partial charge in [0, 0.05) is 22.2 Å². The molecule has 0 unspecified atom stereocenters. The second-order valence-corrected chi connectivity index (χ2v) is 6.66. The average molecular weight is 322 g/mol. The van der Waals surface area contributed by atoms with E-state index in [0.717, 1.165) is 33.1 Å². The molecule has 0 saturated heterocycles. The van der Waals surface area contributed by atoms with Crippen LogP contribution in [0.5, 0.6) is 0 Å². The normalized spacial score (nSPS) is 10.6. The maximum atomic E-state index is 12.4. The van der Waals surface area contributed by atoms with E-state index in [1.807, 2.05) is 68.6 Å². The van der Waals surface area contributed by atoms with Gasteiger partial charge in [-0.1, -0.05) is 29.8 Å². The first kappa shape index (κ1) is 15.4. The fourth-order valence-electron chi connectivity index (χ4n) is 2.40. The van der Waals surface area contributed by atoms with Crippen LogP contribution >= 0.6 is 11.3 Å². The summed E-state index contributed by atoms with van der Waals surface area (Å²) in [5, 5.41) is 6.04. The van der Waals surface area contributed by atoms with Crippen molar-refractivity contribution in [1.82, 2.24) is 4.98 Å². The van der Waals surface area contributed by atoms with E-state index in [1.54, 1.807) is 11.3 Å². The lowest BCUT2D eigenvalue weighted by molar-refractivity contribution is 0.102. The molecule has 23 heavy (non-hydrogen) atoms. The Morgan fingerprint density at radius 1 is 1.04 bits per heavy atom. The van der Waals surface area contributed by atoms with Crippen molar-refractivity contribution < 1.29 is 4.79 Å². The van der Waals surface area contributed by atoms with Crippen molar-refractivity contribution in [3.05, 3.63) is 69.5 Å². The van der Waals surface area contributed by atoms with Gasteiger partial charge in [-0.2, -0.15) is 0 Å². The number of hydrogen-bond donors (Lipinski definition) is 1. The van der Waals surface area contributed by atoms with Crippen LogP contribution in [0.4, 0.5) is 5.69 Å². The molecule has 4 heteroatoms. The Bertz CT molecular complexity index is 850. The number of thiazole rings is 1. The molecule has 0 bridgehead atoms. The third-order valence-electron chi connectivity index (χ3n) is 3.70. The van der Waals surface area contributed by atoms with Gasteiger partial charge < -0.3 is 5.32 Å². The summed E-state index contributed by atoms with van der Waals surface area (Å²) in [7, 11) is 0. The Kier molecular flexibility index (Phi) is 4.26. The van der Waals surface area contributed by atoms with Gasteiger partial charge in [0.2, 0.25) is 0 Å². The van der Waals surface area contributed by atoms with E-state index >= 15 is 0 Å². The van der Waals surface area contributed by atoms with E-state index in [-0.39, 0.29) is 5.91 Å². The highest BCUT2D eigenvalue weighted by molar-refractivity contribution is 7.09. The second-order valence-electron chi connectivity index (χ2n) is 5.60. The number of anilines is 1. The van der Waals surface area contributed by atoms with Crippen LogP contribution in [0.25, 0.3) is 11.3 Å². The summed E-state index contributed by atoms with van der Waals surface area (Å²) in [5.41, 5.74) is 5.58. The standard InChI is InChI=1S/C19H18N2OS/c1-12-4-5-13(2)17(10-12)19(22)21-16-8-6-15(7-9-16)18-11-23-14(3)20-18/h4-11H,1-3H3,(H,21,22). The van der Waals surface area contributed by atoms with Crippen LogP contribution in [0.1, 0.15) is 26.5 Å². The Morgan fingerprint density at radius 3 is 2.43 bits per heavy atom. The molecule has 0 fully saturated rings. The Balaban J connectivity index is 1.78. The summed E-state index contributed by atoms with van der Waals surface area (Å²) >= 11 is 1.63. The fourth-order valence-corrected chi connectivity index (χ4v) is 3.02. The van der Waals surface area contributed by atoms with Gasteiger partial charge in [-0.15, -0.1) is 11.3 Å². The molecule has 0 aliphatic rings. The van der Waals surface area contributed by atoms with Crippen molar-refractivity contribution in [2.45, 2.75) is 20.8 Å². The number of carbonyl (C=O) groups is 1. The van der Waals surface area contributed by atoms with Crippen molar-refractivity contribution >= 4 is 22.9 Å². The number of rotatable bonds is 3. The monoisotopic (exact) mass is 322 g/mol. The van der Waals surface area contributed by atoms with Gasteiger partial charge in [-0.3, -0.25) is 4.79 Å². The third-order valence-corrected chi connectivity index (χ3v) is 4.47. The number of benzene rings is 2. The van der Waals surface area contributed by atoms with Gasteiger partial charge in [-0.05, 0) is 44.5 Å². The highest BCUT2D eigenvalue weighted by Crippen LogP contribution is 2.23. The number of nitrogens with one attached hydrogen (secondary N) is 1. The first-order valence-corrected chi connectivity index (χ1v) is 8.32. The van der Waals surface area contributed by atoms with E-state index in [2.05, 4.69) is 10.3 Å². The Hall–Kier alpha value is -2.46. The van der Waals surface area contributed by atoms with Gasteiger partial charge >= 0.3 is 0 Å². The zero-order valence-corrected chi connectivity index (χ0v) is 14.2. The highest BCUT2D eigenvalue weighted by Gasteiger charge is 2.10. The van der Waals surface area contributed by atoms with Crippen LogP contribution in [0, 0.1) is 20.8 Å². The van der Waals surface area contributed by atoms with Crippen molar-refractivity contribution in [1.29, 1.82) is 0 Å². The zero-order chi connectivity index (χ0) is 16.4. The average Bonchev–Trinajstić information content (AvgIpc) is 2.97. The quantitative estimate of drug-likeness (QED) is 0.738. The van der Waals surface area contributed by atoms with Crippen molar-refractivity contribution in [3.63, 3.8) is 0 Å². The number of nitrogens with zero attached hydrogens (tertiary/aromatic N) is 1. The lowest BCUT2D eigenvalue weighted by atomic mass is 10.0. The molecule has 1 N–H and O–H groups in total. The minimum absolute atomic E-state index is 0.0801. The highest BCUT2D eigenvalue weighted by atomic mass is 32.1. The third kappa shape index (κ3) is 3.48. The lowest BCUT2D eigenvalue weighted by Crippen LogP contribution is -2.13. The smallest absolute Gasteiger partial charge is 0.255 e. The summed E-state index contributed by atoms with van der Waals surface area (Å²) in [6.07, 6.45) is 0. The molecule has 3 nitrogen and oxygen atoms in total. The molecule has 116 valence electrons. The van der Waals surface area contributed by atoms with Gasteiger partial charge in [0.25, 0.3) is 5.91 Å². The van der Waals surface area contributed by atoms with E-state index in [9.17, 15) is 4.79 Å². The van der Waals surface area contributed by atoms with Crippen LogP contribution in [-0.2, 0) is 0 Å². The van der Waals surface area contributed by atoms with Gasteiger partial charge in [-0.25, -0.2) is 4.98 Å². The van der Waals surface area contributed by atoms with Gasteiger partial charge in [0.1, 0.15) is 0 Å². The topological polar surface area (TPSA) is 42.0 Å². The predicted molar refractivity (Wildman–Crippen MR) is 96.2 cm³/mol. The van der Waals surface area contributed by atoms with Crippen LogP contribution in [0.15, 0.2) is 47.8 Å². The van der Waals surface area contributed by atoms with Crippen LogP contribution in [0.2, 0.25) is 0 Å². The van der Waals surface area contributed by atoms with E-state index in [1.165, 1.54) is 0 Å². The zero-order valence-electron chi connectivity index (χ0n) is 13.4. The Morgan fingerprint density at radius 2 is 1.78 bits per heavy atom. The largest absolute Gasteiger partial charge is 0.322 e. The van der Waals surface area contributed by atoms with Crippen molar-refractivity contribution in [2.24, 2.45) is 0 Å². The molecule has 3 aromatic rings. The van der Waals surface area contributed by atoms with E-state index < -0.39 is 0 Å². The minimum Gasteiger partial charge on any atom is -0.322 e. The van der Waals surface area contributed by atoms with Crippen LogP contribution in [-0.4, -0.2) is 10.9 Å². The maximum Gasteiger partial charge on any atom is 0.255 e. The molecule has 0 aliphatic heterocycles. The summed E-state index contributed by atoms with van der Waals surface area (Å²) in [5.74, 6) is -0.0801. The SMILES string of the molecule is Cc1ccc(C)c(C(=O)Nc2ccc(-c3csc(C)n3)cc2)c1. The summed E-state index contributed by atoms with van der Waals surface area (Å²) in [6, 6.07) is 13.7. The maximum absolute atomic E-state index is 12.4. The predicted octanol–water partition coefficient (Wildman–Crippen LogP) is 4.99. The molecule has 0 radical (unpaired) electrons. The van der Waals surface area contributed by atoms with E-state index in [0.29, 0.717) is 5.56 Å². The van der Waals surface area contributed by atoms with Gasteiger partial charge in [0.15, 0.2) is 0 Å². The Labute approximate surface area is 140 Å². The number of amides is 1. The molecule has 3 rings (SSSR count). The first-order valence-electron chi connectivity index (χ1n) is 7.44. The number of hydrogen-bond acceptors (Lipinski definition) is 3. The summed E-state index contributed by atoms with van der Waals surface area (Å²) in [4.78, 5) is 16.9. The molecule has 2 aromatic carbocycles. The first-order chi connectivity index (χ1) is 11.0. The molecule has 0 atom stereocenters. The van der Waals surface area contributed by atoms with Crippen LogP contribution in [0.3, 0.4) is 0 Å². The molecular weight excluding hydrogens is 304 g/mol. The minimum atomic E-state index is -0.0801. The molecule has 0 saturated carbocycles. The van der Waals surface area contributed by atoms with Crippen molar-refractivity contribution in [3.8, 4) is 11.3 Å². The molecular formula is C19H18N2OS. The van der Waals surface area contributed by atoms with Gasteiger partial charge in [0.05, 0.1) is 10.7 Å². The number of aryl methyl sites for hydroxylation is 3. The molecule has 1 aromatic heterocycles. The summed E-state index contributed by atoms with van der Waals surface area (Å²) in [6.45, 7) is 5.93. The van der Waals surface area contributed by atoms with E-state index in [4.69, 9.17) is 0 Å². The molecule has 0 spiro atoms. The fraction of sp³-hybridized carbons (Fsp3) is 0.158. The second kappa shape index (κ2) is 6.34. The lowest BCUT2D eigenvalue weighted by Gasteiger charge is -2.09. The van der Waals surface area contributed by atoms with Crippen molar-refractivity contribution in [2.75, 3.05) is 5.32 Å². The molecule has 1 amide bonds. The summed E-state index contributed by atoms with van der Waals surface area (Å²) < 4.78 is 0.